The van der Waals surface area contributed by atoms with E-state index in [4.69, 9.17) is 17.5 Å². The molecule has 54 valence electrons. The Morgan fingerprint density at radius 1 is 1.33 bits per heavy atom. The Morgan fingerprint density at radius 3 is 1.56 bits per heavy atom. The monoisotopic (exact) mass is 218 g/mol. The van der Waals surface area contributed by atoms with Crippen LogP contribution in [0.25, 0.3) is 0 Å². The van der Waals surface area contributed by atoms with Gasteiger partial charge in [-0.1, -0.05) is 5.04 Å². The SMILES string of the molecule is O[Si]1(O)OOO1.[O]=[GeH][OH]. The van der Waals surface area contributed by atoms with Crippen molar-refractivity contribution in [2.75, 3.05) is 0 Å². The van der Waals surface area contributed by atoms with Crippen LogP contribution in [0, 0.1) is 0 Å². The van der Waals surface area contributed by atoms with E-state index >= 15 is 0 Å². The molecule has 1 aliphatic rings. The second kappa shape index (κ2) is 4.05. The number of rotatable bonds is 0. The second-order valence-electron chi connectivity index (χ2n) is 0.889. The van der Waals surface area contributed by atoms with Gasteiger partial charge < -0.3 is 9.59 Å². The Balaban J connectivity index is 0.000000187. The first kappa shape index (κ1) is 9.16. The zero-order valence-electron chi connectivity index (χ0n) is 4.05. The summed E-state index contributed by atoms with van der Waals surface area (Å²) in [6, 6.07) is 0. The predicted octanol–water partition coefficient (Wildman–Crippen LogP) is -3.02. The van der Waals surface area contributed by atoms with Crippen LogP contribution in [-0.2, 0) is 18.0 Å². The Labute approximate surface area is 57.2 Å². The molecule has 9 heteroatoms. The van der Waals surface area contributed by atoms with Gasteiger partial charge in [-0.05, 0) is 0 Å². The van der Waals surface area contributed by atoms with Crippen LogP contribution < -0.4 is 0 Å². The topological polar surface area (TPSA) is 105 Å². The first-order valence-corrected chi connectivity index (χ1v) is 5.47. The molecule has 0 saturated carbocycles. The molecule has 0 bridgehead atoms. The molecule has 9 heavy (non-hydrogen) atoms. The fraction of sp³-hybridized carbons (Fsp3) is 0. The molecule has 0 aromatic rings. The van der Waals surface area contributed by atoms with E-state index in [-0.39, 0.29) is 0 Å². The molecule has 0 aromatic carbocycles. The van der Waals surface area contributed by atoms with Crippen molar-refractivity contribution < 1.29 is 31.7 Å². The summed E-state index contributed by atoms with van der Waals surface area (Å²) in [5.74, 6) is 0. The molecule has 1 heterocycles. The van der Waals surface area contributed by atoms with Crippen molar-refractivity contribution >= 4 is 24.8 Å². The van der Waals surface area contributed by atoms with Gasteiger partial charge >= 0.3 is 32.7 Å². The van der Waals surface area contributed by atoms with Crippen molar-refractivity contribution in [3.8, 4) is 0 Å². The normalized spacial score (nSPS) is 20.7. The number of hydrogen-bond donors (Lipinski definition) is 3. The molecule has 0 unspecified atom stereocenters. The Kier molecular flexibility index (Phi) is 4.12. The van der Waals surface area contributed by atoms with Crippen molar-refractivity contribution in [3.63, 3.8) is 0 Å². The van der Waals surface area contributed by atoms with Crippen LogP contribution in [0.4, 0.5) is 0 Å². The molecule has 0 atom stereocenters. The van der Waals surface area contributed by atoms with E-state index < -0.39 is 24.8 Å². The molecule has 3 N–H and O–H groups in total. The third-order valence-electron chi connectivity index (χ3n) is 0.285. The molecule has 1 saturated heterocycles. The van der Waals surface area contributed by atoms with Crippen LogP contribution in [-0.4, -0.2) is 38.5 Å². The van der Waals surface area contributed by atoms with Gasteiger partial charge in [0.1, 0.15) is 0 Å². The van der Waals surface area contributed by atoms with E-state index in [1.54, 1.807) is 0 Å². The fourth-order valence-electron chi connectivity index (χ4n) is 0.0949. The van der Waals surface area contributed by atoms with E-state index in [2.05, 4.69) is 14.2 Å². The standard InChI is InChI=1S/GeH2O2.H2O5Si/c2-1-3;1-6(2)4-3-5-6/h1-2H;1-2H. The summed E-state index contributed by atoms with van der Waals surface area (Å²) < 4.78 is 23.1. The maximum absolute atomic E-state index is 8.64. The summed E-state index contributed by atoms with van der Waals surface area (Å²) >= 11 is -1.94. The van der Waals surface area contributed by atoms with Gasteiger partial charge in [0, 0.05) is 0 Å². The van der Waals surface area contributed by atoms with Crippen molar-refractivity contribution in [2.45, 2.75) is 0 Å². The summed E-state index contributed by atoms with van der Waals surface area (Å²) in [6.45, 7) is 0. The van der Waals surface area contributed by atoms with Gasteiger partial charge in [-0.2, -0.15) is 9.15 Å². The molecule has 0 spiro atoms. The summed E-state index contributed by atoms with van der Waals surface area (Å²) in [4.78, 5) is 16.1. The predicted molar refractivity (Wildman–Crippen MR) is 23.5 cm³/mol. The zero-order chi connectivity index (χ0) is 7.33. The number of hydrogen-bond acceptors (Lipinski definition) is 6. The van der Waals surface area contributed by atoms with Gasteiger partial charge in [-0.15, -0.1) is 0 Å². The third kappa shape index (κ3) is 4.65. The maximum atomic E-state index is 8.64. The van der Waals surface area contributed by atoms with E-state index in [0.29, 0.717) is 0 Å². The summed E-state index contributed by atoms with van der Waals surface area (Å²) in [5.41, 5.74) is 0. The molecule has 1 aliphatic heterocycles. The molecule has 0 aliphatic carbocycles. The Hall–Kier alpha value is 0.160. The Bertz CT molecular complexity index is 82.9. The van der Waals surface area contributed by atoms with Gasteiger partial charge in [-0.25, -0.2) is 0 Å². The minimum atomic E-state index is -3.67. The summed E-state index contributed by atoms with van der Waals surface area (Å²) in [5, 5.41) is 3.50. The third-order valence-corrected chi connectivity index (χ3v) is 0.855. The minimum absolute atomic E-state index is 1.94. The molecule has 7 nitrogen and oxygen atoms in total. The Morgan fingerprint density at radius 2 is 1.56 bits per heavy atom. The van der Waals surface area contributed by atoms with Gasteiger partial charge in [0.15, 0.2) is 0 Å². The van der Waals surface area contributed by atoms with Crippen LogP contribution in [0.3, 0.4) is 0 Å². The van der Waals surface area contributed by atoms with Gasteiger partial charge in [0.05, 0.1) is 0 Å². The molecule has 0 amide bonds. The first-order valence-electron chi connectivity index (χ1n) is 1.68. The first-order chi connectivity index (χ1) is 4.12. The molecule has 1 fully saturated rings. The van der Waals surface area contributed by atoms with Gasteiger partial charge in [0.25, 0.3) is 0 Å². The van der Waals surface area contributed by atoms with Gasteiger partial charge in [-0.3, -0.25) is 0 Å². The molecular formula is H4GeO7Si. The average molecular weight is 217 g/mol. The average Bonchev–Trinajstić information content (AvgIpc) is 1.65. The molecule has 0 radical (unpaired) electrons. The van der Waals surface area contributed by atoms with Crippen molar-refractivity contribution in [1.29, 1.82) is 0 Å². The molecule has 1 rings (SSSR count). The molecular weight excluding hydrogens is 213 g/mol. The van der Waals surface area contributed by atoms with Crippen LogP contribution in [0.15, 0.2) is 0 Å². The van der Waals surface area contributed by atoms with Crippen molar-refractivity contribution in [1.82, 2.24) is 0 Å². The van der Waals surface area contributed by atoms with Crippen LogP contribution in [0.5, 0.6) is 0 Å². The quantitative estimate of drug-likeness (QED) is 0.292. The van der Waals surface area contributed by atoms with E-state index in [1.807, 2.05) is 0 Å². The van der Waals surface area contributed by atoms with Crippen molar-refractivity contribution in [3.05, 3.63) is 0 Å². The van der Waals surface area contributed by atoms with E-state index in [9.17, 15) is 0 Å². The zero-order valence-corrected chi connectivity index (χ0v) is 7.47. The molecule has 0 aromatic heterocycles. The van der Waals surface area contributed by atoms with E-state index in [0.717, 1.165) is 0 Å². The van der Waals surface area contributed by atoms with E-state index in [1.165, 1.54) is 0 Å². The van der Waals surface area contributed by atoms with Gasteiger partial charge in [0.2, 0.25) is 0 Å². The second-order valence-corrected chi connectivity index (χ2v) is 2.76. The van der Waals surface area contributed by atoms with Crippen LogP contribution in [0.1, 0.15) is 0 Å². The van der Waals surface area contributed by atoms with Crippen molar-refractivity contribution in [2.24, 2.45) is 0 Å². The van der Waals surface area contributed by atoms with Crippen LogP contribution in [0.2, 0.25) is 0 Å². The van der Waals surface area contributed by atoms with Crippen LogP contribution >= 0.6 is 0 Å². The summed E-state index contributed by atoms with van der Waals surface area (Å²) in [7, 11) is -3.67. The summed E-state index contributed by atoms with van der Waals surface area (Å²) in [6.07, 6.45) is 0. The fourth-order valence-corrected chi connectivity index (χ4v) is 0.285.